The van der Waals surface area contributed by atoms with Crippen molar-refractivity contribution in [2.75, 3.05) is 10.6 Å². The number of fused-ring (bicyclic) bond motifs is 1. The van der Waals surface area contributed by atoms with Crippen LogP contribution >= 0.6 is 12.2 Å². The molecule has 0 bridgehead atoms. The molecular weight excluding hydrogens is 254 g/mol. The Balaban J connectivity index is 1.83. The van der Waals surface area contributed by atoms with Gasteiger partial charge in [-0.1, -0.05) is 36.4 Å². The first-order chi connectivity index (χ1) is 9.33. The quantitative estimate of drug-likeness (QED) is 0.615. The maximum absolute atomic E-state index is 5.31. The molecule has 0 aliphatic carbocycles. The summed E-state index contributed by atoms with van der Waals surface area (Å²) in [7, 11) is 0. The first kappa shape index (κ1) is 11.7. The lowest BCUT2D eigenvalue weighted by molar-refractivity contribution is 1.41. The van der Waals surface area contributed by atoms with Crippen LogP contribution in [0.2, 0.25) is 0 Å². The molecule has 0 saturated heterocycles. The summed E-state index contributed by atoms with van der Waals surface area (Å²) in [6.07, 6.45) is 3.71. The summed E-state index contributed by atoms with van der Waals surface area (Å²) in [5.74, 6) is 0. The topological polar surface area (TPSA) is 39.9 Å². The molecule has 0 spiro atoms. The molecule has 3 rings (SSSR count). The fraction of sp³-hybridized carbons (Fsp3) is 0. The van der Waals surface area contributed by atoms with Crippen LogP contribution in [0.1, 0.15) is 0 Å². The molecule has 0 aliphatic heterocycles. The summed E-state index contributed by atoms with van der Waals surface area (Å²) in [5.41, 5.74) is 1.95. The van der Waals surface area contributed by atoms with Gasteiger partial charge in [-0.05, 0) is 29.7 Å². The zero-order valence-corrected chi connectivity index (χ0v) is 11.0. The molecule has 94 valence electrons. The van der Waals surface area contributed by atoms with E-state index in [4.69, 9.17) is 12.2 Å². The molecule has 1 heterocycles. The van der Waals surface area contributed by atoms with Crippen molar-refractivity contribution in [1.29, 1.82) is 0 Å². The largest absolute Gasteiger partial charge is 0.366 e. The Labute approximate surface area is 116 Å². The van der Waals surface area contributed by atoms with Gasteiger partial charge < -0.3 is 15.6 Å². The van der Waals surface area contributed by atoms with E-state index in [1.165, 1.54) is 5.39 Å². The zero-order valence-electron chi connectivity index (χ0n) is 10.2. The molecule has 0 radical (unpaired) electrons. The van der Waals surface area contributed by atoms with Gasteiger partial charge in [-0.3, -0.25) is 0 Å². The van der Waals surface area contributed by atoms with E-state index in [0.717, 1.165) is 16.8 Å². The van der Waals surface area contributed by atoms with Gasteiger partial charge in [-0.15, -0.1) is 0 Å². The number of aromatic amines is 1. The number of benzene rings is 2. The number of rotatable bonds is 2. The van der Waals surface area contributed by atoms with Crippen LogP contribution in [0, 0.1) is 0 Å². The number of aromatic nitrogens is 1. The van der Waals surface area contributed by atoms with Crippen molar-refractivity contribution in [2.24, 2.45) is 0 Å². The van der Waals surface area contributed by atoms with Gasteiger partial charge in [0.25, 0.3) is 0 Å². The number of hydrogen-bond donors (Lipinski definition) is 3. The van der Waals surface area contributed by atoms with Gasteiger partial charge in [0.15, 0.2) is 5.11 Å². The van der Waals surface area contributed by atoms with Crippen LogP contribution in [-0.4, -0.2) is 10.1 Å². The molecule has 3 nitrogen and oxygen atoms in total. The predicted molar refractivity (Wildman–Crippen MR) is 84.6 cm³/mol. The first-order valence-corrected chi connectivity index (χ1v) is 6.42. The van der Waals surface area contributed by atoms with E-state index >= 15 is 0 Å². The van der Waals surface area contributed by atoms with Gasteiger partial charge in [0.2, 0.25) is 0 Å². The van der Waals surface area contributed by atoms with Crippen LogP contribution in [0.5, 0.6) is 0 Å². The second-order valence-corrected chi connectivity index (χ2v) is 4.61. The van der Waals surface area contributed by atoms with E-state index in [1.807, 2.05) is 42.7 Å². The van der Waals surface area contributed by atoms with Crippen molar-refractivity contribution in [3.8, 4) is 0 Å². The molecule has 0 fully saturated rings. The minimum Gasteiger partial charge on any atom is -0.366 e. The molecule has 0 unspecified atom stereocenters. The van der Waals surface area contributed by atoms with Crippen LogP contribution in [0.15, 0.2) is 60.9 Å². The van der Waals surface area contributed by atoms with E-state index in [-0.39, 0.29) is 0 Å². The van der Waals surface area contributed by atoms with Gasteiger partial charge in [0, 0.05) is 23.5 Å². The predicted octanol–water partition coefficient (Wildman–Crippen LogP) is 3.98. The molecule has 0 saturated carbocycles. The van der Waals surface area contributed by atoms with Crippen LogP contribution < -0.4 is 10.6 Å². The summed E-state index contributed by atoms with van der Waals surface area (Å²) < 4.78 is 0. The maximum atomic E-state index is 5.31. The van der Waals surface area contributed by atoms with E-state index in [2.05, 4.69) is 33.8 Å². The third-order valence-corrected chi connectivity index (χ3v) is 3.10. The molecule has 2 aromatic carbocycles. The standard InChI is InChI=1S/C15H13N3S/c19-15(17-12-8-9-16-10-12)18-14-7-3-5-11-4-1-2-6-13(11)14/h1-10,16H,(H2,17,18,19). The van der Waals surface area contributed by atoms with Crippen LogP contribution in [-0.2, 0) is 0 Å². The average Bonchev–Trinajstić information content (AvgIpc) is 2.92. The highest BCUT2D eigenvalue weighted by molar-refractivity contribution is 7.80. The lowest BCUT2D eigenvalue weighted by atomic mass is 10.1. The molecule has 3 aromatic rings. The van der Waals surface area contributed by atoms with Crippen molar-refractivity contribution in [1.82, 2.24) is 4.98 Å². The average molecular weight is 267 g/mol. The smallest absolute Gasteiger partial charge is 0.175 e. The highest BCUT2D eigenvalue weighted by Crippen LogP contribution is 2.23. The van der Waals surface area contributed by atoms with E-state index in [9.17, 15) is 0 Å². The summed E-state index contributed by atoms with van der Waals surface area (Å²) in [6, 6.07) is 16.3. The Morgan fingerprint density at radius 2 is 1.79 bits per heavy atom. The fourth-order valence-electron chi connectivity index (χ4n) is 2.02. The van der Waals surface area contributed by atoms with E-state index < -0.39 is 0 Å². The maximum Gasteiger partial charge on any atom is 0.175 e. The minimum atomic E-state index is 0.580. The minimum absolute atomic E-state index is 0.580. The number of thiocarbonyl (C=S) groups is 1. The molecular formula is C15H13N3S. The van der Waals surface area contributed by atoms with Crippen LogP contribution in [0.4, 0.5) is 11.4 Å². The van der Waals surface area contributed by atoms with Crippen molar-refractivity contribution in [3.63, 3.8) is 0 Å². The van der Waals surface area contributed by atoms with Crippen molar-refractivity contribution >= 4 is 39.5 Å². The molecule has 0 amide bonds. The Morgan fingerprint density at radius 3 is 2.63 bits per heavy atom. The molecule has 0 atom stereocenters. The number of hydrogen-bond acceptors (Lipinski definition) is 1. The Hall–Kier alpha value is -2.33. The number of H-pyrrole nitrogens is 1. The zero-order chi connectivity index (χ0) is 13.1. The van der Waals surface area contributed by atoms with E-state index in [0.29, 0.717) is 5.11 Å². The lowest BCUT2D eigenvalue weighted by Gasteiger charge is -2.11. The Kier molecular flexibility index (Phi) is 3.16. The second kappa shape index (κ2) is 5.12. The third-order valence-electron chi connectivity index (χ3n) is 2.89. The highest BCUT2D eigenvalue weighted by atomic mass is 32.1. The Bertz CT molecular complexity index is 699. The monoisotopic (exact) mass is 267 g/mol. The van der Waals surface area contributed by atoms with Gasteiger partial charge in [-0.25, -0.2) is 0 Å². The fourth-order valence-corrected chi connectivity index (χ4v) is 2.25. The number of anilines is 2. The summed E-state index contributed by atoms with van der Waals surface area (Å²) >= 11 is 5.31. The van der Waals surface area contributed by atoms with Crippen LogP contribution in [0.25, 0.3) is 10.8 Å². The van der Waals surface area contributed by atoms with Gasteiger partial charge in [0.1, 0.15) is 0 Å². The lowest BCUT2D eigenvalue weighted by Crippen LogP contribution is -2.18. The molecule has 0 aliphatic rings. The highest BCUT2D eigenvalue weighted by Gasteiger charge is 2.02. The third kappa shape index (κ3) is 2.58. The molecule has 3 N–H and O–H groups in total. The second-order valence-electron chi connectivity index (χ2n) is 4.21. The van der Waals surface area contributed by atoms with Gasteiger partial charge >= 0.3 is 0 Å². The summed E-state index contributed by atoms with van der Waals surface area (Å²) in [5, 5.41) is 9.28. The molecule has 4 heteroatoms. The van der Waals surface area contributed by atoms with E-state index in [1.54, 1.807) is 0 Å². The van der Waals surface area contributed by atoms with Crippen molar-refractivity contribution in [3.05, 3.63) is 60.9 Å². The van der Waals surface area contributed by atoms with Gasteiger partial charge in [0.05, 0.1) is 5.69 Å². The van der Waals surface area contributed by atoms with Crippen molar-refractivity contribution in [2.45, 2.75) is 0 Å². The van der Waals surface area contributed by atoms with Gasteiger partial charge in [-0.2, -0.15) is 0 Å². The number of nitrogens with one attached hydrogen (secondary N) is 3. The summed E-state index contributed by atoms with van der Waals surface area (Å²) in [6.45, 7) is 0. The molecule has 19 heavy (non-hydrogen) atoms. The van der Waals surface area contributed by atoms with Crippen molar-refractivity contribution < 1.29 is 0 Å². The Morgan fingerprint density at radius 1 is 0.947 bits per heavy atom. The first-order valence-electron chi connectivity index (χ1n) is 6.01. The summed E-state index contributed by atoms with van der Waals surface area (Å²) in [4.78, 5) is 2.98. The van der Waals surface area contributed by atoms with Crippen LogP contribution in [0.3, 0.4) is 0 Å². The SMILES string of the molecule is S=C(Nc1cc[nH]c1)Nc1cccc2ccccc12. The normalized spacial score (nSPS) is 10.3. The molecule has 1 aromatic heterocycles.